The van der Waals surface area contributed by atoms with Gasteiger partial charge in [0.15, 0.2) is 5.78 Å². The van der Waals surface area contributed by atoms with Gasteiger partial charge in [-0.2, -0.15) is 0 Å². The topological polar surface area (TPSA) is 90.7 Å². The van der Waals surface area contributed by atoms with E-state index in [1.54, 1.807) is 24.4 Å². The number of benzene rings is 1. The molecule has 1 aromatic carbocycles. The summed E-state index contributed by atoms with van der Waals surface area (Å²) in [6, 6.07) is 9.34. The molecule has 3 rings (SSSR count). The van der Waals surface area contributed by atoms with Crippen LogP contribution in [0.5, 0.6) is 11.5 Å². The zero-order valence-electron chi connectivity index (χ0n) is 13.1. The van der Waals surface area contributed by atoms with Crippen LogP contribution in [0.3, 0.4) is 0 Å². The molecule has 2 aromatic rings. The minimum atomic E-state index is -0.468. The van der Waals surface area contributed by atoms with Crippen LogP contribution >= 0.6 is 0 Å². The maximum absolute atomic E-state index is 12.6. The number of piperidine rings is 1. The molecule has 0 bridgehead atoms. The number of nitrogens with zero attached hydrogens (tertiary/aromatic N) is 2. The van der Waals surface area contributed by atoms with Crippen molar-refractivity contribution in [3.8, 4) is 11.5 Å². The summed E-state index contributed by atoms with van der Waals surface area (Å²) in [6.45, 7) is 0.737. The van der Waals surface area contributed by atoms with E-state index in [9.17, 15) is 19.8 Å². The van der Waals surface area contributed by atoms with Gasteiger partial charge in [0.25, 0.3) is 5.91 Å². The summed E-state index contributed by atoms with van der Waals surface area (Å²) in [5.74, 6) is -1.42. The monoisotopic (exact) mass is 326 g/mol. The Morgan fingerprint density at radius 1 is 1.08 bits per heavy atom. The van der Waals surface area contributed by atoms with E-state index in [1.807, 2.05) is 0 Å². The third kappa shape index (κ3) is 3.08. The minimum absolute atomic E-state index is 0.0883. The number of Topliss-reactive ketones (excluding diaryl/α,β-unsaturated/α-hetero) is 1. The number of phenols is 2. The molecule has 0 radical (unpaired) electrons. The lowest BCUT2D eigenvalue weighted by Crippen LogP contribution is -2.42. The van der Waals surface area contributed by atoms with E-state index >= 15 is 0 Å². The van der Waals surface area contributed by atoms with Crippen molar-refractivity contribution in [1.82, 2.24) is 9.88 Å². The first kappa shape index (κ1) is 16.0. The van der Waals surface area contributed by atoms with Crippen LogP contribution in [0.15, 0.2) is 42.6 Å². The van der Waals surface area contributed by atoms with E-state index < -0.39 is 5.91 Å². The molecular formula is C18H18N2O4. The number of carbonyl (C=O) groups excluding carboxylic acids is 2. The van der Waals surface area contributed by atoms with Gasteiger partial charge >= 0.3 is 0 Å². The quantitative estimate of drug-likeness (QED) is 0.844. The molecule has 1 aliphatic heterocycles. The fourth-order valence-corrected chi connectivity index (χ4v) is 3.00. The zero-order valence-corrected chi connectivity index (χ0v) is 13.1. The fraction of sp³-hybridized carbons (Fsp3) is 0.278. The van der Waals surface area contributed by atoms with Gasteiger partial charge in [-0.05, 0) is 37.1 Å². The van der Waals surface area contributed by atoms with Gasteiger partial charge in [0, 0.05) is 25.2 Å². The van der Waals surface area contributed by atoms with Crippen molar-refractivity contribution in [2.45, 2.75) is 12.8 Å². The number of likely N-dealkylation sites (tertiary alicyclic amines) is 1. The molecule has 1 aromatic heterocycles. The molecule has 1 saturated heterocycles. The van der Waals surface area contributed by atoms with Crippen LogP contribution in [0.4, 0.5) is 0 Å². The van der Waals surface area contributed by atoms with E-state index in [-0.39, 0.29) is 35.3 Å². The number of aromatic hydroxyl groups is 2. The predicted molar refractivity (Wildman–Crippen MR) is 87.0 cm³/mol. The summed E-state index contributed by atoms with van der Waals surface area (Å²) in [5, 5.41) is 19.7. The SMILES string of the molecule is O=C(c1ccccn1)[C@@H]1CCCN(C(=O)c2c(O)cccc2O)C1. The summed E-state index contributed by atoms with van der Waals surface area (Å²) in [6.07, 6.45) is 2.94. The van der Waals surface area contributed by atoms with Crippen molar-refractivity contribution < 1.29 is 19.8 Å². The number of phenolic OH excluding ortho intramolecular Hbond substituents is 2. The molecule has 1 atom stereocenters. The minimum Gasteiger partial charge on any atom is -0.507 e. The van der Waals surface area contributed by atoms with Gasteiger partial charge in [0.1, 0.15) is 22.8 Å². The number of rotatable bonds is 3. The van der Waals surface area contributed by atoms with Crippen LogP contribution < -0.4 is 0 Å². The summed E-state index contributed by atoms with van der Waals surface area (Å²) < 4.78 is 0. The van der Waals surface area contributed by atoms with Crippen molar-refractivity contribution in [3.63, 3.8) is 0 Å². The van der Waals surface area contributed by atoms with Gasteiger partial charge in [0.05, 0.1) is 0 Å². The predicted octanol–water partition coefficient (Wildman–Crippen LogP) is 2.23. The van der Waals surface area contributed by atoms with Gasteiger partial charge in [-0.15, -0.1) is 0 Å². The number of aromatic nitrogens is 1. The zero-order chi connectivity index (χ0) is 17.1. The first-order valence-electron chi connectivity index (χ1n) is 7.83. The molecule has 0 unspecified atom stereocenters. The summed E-state index contributed by atoms with van der Waals surface area (Å²) in [5.41, 5.74) is 0.269. The summed E-state index contributed by atoms with van der Waals surface area (Å²) in [7, 11) is 0. The summed E-state index contributed by atoms with van der Waals surface area (Å²) >= 11 is 0. The molecular weight excluding hydrogens is 308 g/mol. The van der Waals surface area contributed by atoms with Crippen LogP contribution in [0, 0.1) is 5.92 Å². The van der Waals surface area contributed by atoms with Gasteiger partial charge in [0.2, 0.25) is 0 Å². The first-order valence-corrected chi connectivity index (χ1v) is 7.83. The Morgan fingerprint density at radius 2 is 1.83 bits per heavy atom. The lowest BCUT2D eigenvalue weighted by Gasteiger charge is -2.32. The third-order valence-corrected chi connectivity index (χ3v) is 4.23. The number of hydrogen-bond donors (Lipinski definition) is 2. The molecule has 6 nitrogen and oxygen atoms in total. The highest BCUT2D eigenvalue weighted by molar-refractivity contribution is 6.00. The molecule has 2 N–H and O–H groups in total. The normalized spacial score (nSPS) is 17.5. The van der Waals surface area contributed by atoms with Gasteiger partial charge in [-0.25, -0.2) is 0 Å². The highest BCUT2D eigenvalue weighted by Crippen LogP contribution is 2.30. The maximum Gasteiger partial charge on any atom is 0.261 e. The average Bonchev–Trinajstić information content (AvgIpc) is 2.61. The standard InChI is InChI=1S/C18H18N2O4/c21-14-7-3-8-15(22)16(14)18(24)20-10-4-5-12(11-20)17(23)13-6-1-2-9-19-13/h1-3,6-9,12,21-22H,4-5,10-11H2/t12-/m1/s1. The molecule has 0 saturated carbocycles. The molecule has 2 heterocycles. The lowest BCUT2D eigenvalue weighted by atomic mass is 9.91. The van der Waals surface area contributed by atoms with Gasteiger partial charge in [-0.3, -0.25) is 14.6 Å². The van der Waals surface area contributed by atoms with Crippen LogP contribution in [0.2, 0.25) is 0 Å². The highest BCUT2D eigenvalue weighted by Gasteiger charge is 2.31. The highest BCUT2D eigenvalue weighted by atomic mass is 16.3. The van der Waals surface area contributed by atoms with Gasteiger partial charge in [-0.1, -0.05) is 12.1 Å². The Kier molecular flexibility index (Phi) is 4.46. The Bertz CT molecular complexity index is 741. The molecule has 0 aliphatic carbocycles. The smallest absolute Gasteiger partial charge is 0.261 e. The molecule has 6 heteroatoms. The number of carbonyl (C=O) groups is 2. The number of hydrogen-bond acceptors (Lipinski definition) is 5. The maximum atomic E-state index is 12.6. The lowest BCUT2D eigenvalue weighted by molar-refractivity contribution is 0.0631. The van der Waals surface area contributed by atoms with Crippen molar-refractivity contribution in [2.75, 3.05) is 13.1 Å². The van der Waals surface area contributed by atoms with E-state index in [4.69, 9.17) is 0 Å². The van der Waals surface area contributed by atoms with E-state index in [1.165, 1.54) is 23.1 Å². The Labute approximate surface area is 139 Å². The first-order chi connectivity index (χ1) is 11.6. The molecule has 24 heavy (non-hydrogen) atoms. The van der Waals surface area contributed by atoms with Gasteiger partial charge < -0.3 is 15.1 Å². The Hall–Kier alpha value is -2.89. The van der Waals surface area contributed by atoms with Crippen molar-refractivity contribution >= 4 is 11.7 Å². The largest absolute Gasteiger partial charge is 0.507 e. The second-order valence-electron chi connectivity index (χ2n) is 5.84. The van der Waals surface area contributed by atoms with Crippen molar-refractivity contribution in [1.29, 1.82) is 0 Å². The van der Waals surface area contributed by atoms with Crippen molar-refractivity contribution in [3.05, 3.63) is 53.9 Å². The molecule has 0 spiro atoms. The fourth-order valence-electron chi connectivity index (χ4n) is 3.00. The Morgan fingerprint density at radius 3 is 2.50 bits per heavy atom. The second kappa shape index (κ2) is 6.70. The Balaban J connectivity index is 1.78. The molecule has 124 valence electrons. The van der Waals surface area contributed by atoms with Crippen molar-refractivity contribution in [2.24, 2.45) is 5.92 Å². The van der Waals surface area contributed by atoms with Crippen LogP contribution in [0.25, 0.3) is 0 Å². The number of amides is 1. The molecule has 1 fully saturated rings. The van der Waals surface area contributed by atoms with Crippen LogP contribution in [-0.4, -0.2) is 44.9 Å². The van der Waals surface area contributed by atoms with E-state index in [0.717, 1.165) is 0 Å². The second-order valence-corrected chi connectivity index (χ2v) is 5.84. The average molecular weight is 326 g/mol. The van der Waals surface area contributed by atoms with E-state index in [0.29, 0.717) is 25.1 Å². The third-order valence-electron chi connectivity index (χ3n) is 4.23. The molecule has 1 amide bonds. The number of ketones is 1. The summed E-state index contributed by atoms with van der Waals surface area (Å²) in [4.78, 5) is 30.7. The number of pyridine rings is 1. The van der Waals surface area contributed by atoms with Crippen LogP contribution in [0.1, 0.15) is 33.7 Å². The van der Waals surface area contributed by atoms with Crippen LogP contribution in [-0.2, 0) is 0 Å². The van der Waals surface area contributed by atoms with E-state index in [2.05, 4.69) is 4.98 Å². The molecule has 1 aliphatic rings.